The van der Waals surface area contributed by atoms with Gasteiger partial charge in [-0.15, -0.1) is 24.0 Å². The second-order valence-corrected chi connectivity index (χ2v) is 10.5. The lowest BCUT2D eigenvalue weighted by atomic mass is 9.89. The van der Waals surface area contributed by atoms with Gasteiger partial charge in [0, 0.05) is 39.1 Å². The SMILES string of the molecule is CN=C(NCC1(S(C)(=O)=O)CCOCC1)NC(C)CCC(C)(C)C.I. The normalized spacial score (nSPS) is 19.7. The van der Waals surface area contributed by atoms with E-state index in [1.54, 1.807) is 7.05 Å². The zero-order chi connectivity index (χ0) is 18.4. The summed E-state index contributed by atoms with van der Waals surface area (Å²) in [6, 6.07) is 0.277. The molecule has 1 heterocycles. The van der Waals surface area contributed by atoms with E-state index in [2.05, 4.69) is 43.3 Å². The van der Waals surface area contributed by atoms with Gasteiger partial charge in [-0.2, -0.15) is 0 Å². The van der Waals surface area contributed by atoms with Crippen LogP contribution < -0.4 is 10.6 Å². The van der Waals surface area contributed by atoms with Crippen molar-refractivity contribution in [3.63, 3.8) is 0 Å². The minimum Gasteiger partial charge on any atom is -0.381 e. The van der Waals surface area contributed by atoms with Crippen molar-refractivity contribution in [2.75, 3.05) is 33.1 Å². The third kappa shape index (κ3) is 8.43. The van der Waals surface area contributed by atoms with Crippen LogP contribution in [0.1, 0.15) is 53.4 Å². The van der Waals surface area contributed by atoms with Crippen LogP contribution in [0.25, 0.3) is 0 Å². The van der Waals surface area contributed by atoms with E-state index >= 15 is 0 Å². The molecule has 25 heavy (non-hydrogen) atoms. The van der Waals surface area contributed by atoms with E-state index < -0.39 is 14.6 Å². The van der Waals surface area contributed by atoms with Crippen molar-refractivity contribution in [2.45, 2.75) is 64.2 Å². The Hall–Kier alpha value is -0.0900. The number of guanidine groups is 1. The van der Waals surface area contributed by atoms with Crippen molar-refractivity contribution in [3.8, 4) is 0 Å². The van der Waals surface area contributed by atoms with Crippen LogP contribution >= 0.6 is 24.0 Å². The molecule has 0 aromatic rings. The maximum absolute atomic E-state index is 12.3. The molecule has 0 bridgehead atoms. The fraction of sp³-hybridized carbons (Fsp3) is 0.941. The Labute approximate surface area is 170 Å². The monoisotopic (exact) mass is 489 g/mol. The van der Waals surface area contributed by atoms with E-state index in [1.807, 2.05) is 0 Å². The van der Waals surface area contributed by atoms with Crippen LogP contribution in [0.5, 0.6) is 0 Å². The molecule has 0 aromatic carbocycles. The van der Waals surface area contributed by atoms with Crippen molar-refractivity contribution in [3.05, 3.63) is 0 Å². The average molecular weight is 489 g/mol. The first-order valence-electron chi connectivity index (χ1n) is 8.74. The maximum atomic E-state index is 12.3. The van der Waals surface area contributed by atoms with Gasteiger partial charge in [0.25, 0.3) is 0 Å². The Morgan fingerprint density at radius 2 is 1.84 bits per heavy atom. The molecule has 0 saturated carbocycles. The summed E-state index contributed by atoms with van der Waals surface area (Å²) in [7, 11) is -1.46. The molecule has 0 aliphatic carbocycles. The summed E-state index contributed by atoms with van der Waals surface area (Å²) >= 11 is 0. The predicted octanol–water partition coefficient (Wildman–Crippen LogP) is 2.58. The minimum atomic E-state index is -3.17. The second kappa shape index (κ2) is 10.3. The lowest BCUT2D eigenvalue weighted by Crippen LogP contribution is -2.54. The third-order valence-electron chi connectivity index (χ3n) is 4.70. The number of halogens is 1. The molecule has 0 aromatic heterocycles. The third-order valence-corrected chi connectivity index (χ3v) is 6.83. The van der Waals surface area contributed by atoms with Gasteiger partial charge in [-0.3, -0.25) is 4.99 Å². The molecule has 1 rings (SSSR count). The van der Waals surface area contributed by atoms with Crippen LogP contribution in [0.2, 0.25) is 0 Å². The molecular formula is C17H36IN3O3S. The number of nitrogens with one attached hydrogen (secondary N) is 2. The van der Waals surface area contributed by atoms with Crippen molar-refractivity contribution in [2.24, 2.45) is 10.4 Å². The Morgan fingerprint density at radius 1 is 1.28 bits per heavy atom. The quantitative estimate of drug-likeness (QED) is 0.341. The Morgan fingerprint density at radius 3 is 2.28 bits per heavy atom. The highest BCUT2D eigenvalue weighted by atomic mass is 127. The number of hydrogen-bond acceptors (Lipinski definition) is 4. The summed E-state index contributed by atoms with van der Waals surface area (Å²) in [5, 5.41) is 6.58. The molecule has 2 N–H and O–H groups in total. The average Bonchev–Trinajstić information content (AvgIpc) is 2.48. The van der Waals surface area contributed by atoms with Gasteiger partial charge in [0.2, 0.25) is 0 Å². The summed E-state index contributed by atoms with van der Waals surface area (Å²) in [6.07, 6.45) is 4.52. The lowest BCUT2D eigenvalue weighted by molar-refractivity contribution is 0.0756. The van der Waals surface area contributed by atoms with Gasteiger partial charge in [-0.05, 0) is 38.0 Å². The Kier molecular flexibility index (Phi) is 10.3. The summed E-state index contributed by atoms with van der Waals surface area (Å²) in [5.41, 5.74) is 0.301. The zero-order valence-electron chi connectivity index (χ0n) is 16.5. The van der Waals surface area contributed by atoms with E-state index in [-0.39, 0.29) is 30.0 Å². The molecule has 1 fully saturated rings. The molecule has 1 saturated heterocycles. The molecule has 150 valence electrons. The van der Waals surface area contributed by atoms with E-state index in [0.717, 1.165) is 12.8 Å². The number of hydrogen-bond donors (Lipinski definition) is 2. The summed E-state index contributed by atoms with van der Waals surface area (Å²) in [4.78, 5) is 4.24. The molecule has 1 aliphatic rings. The molecule has 0 amide bonds. The Bertz CT molecular complexity index is 524. The van der Waals surface area contributed by atoms with E-state index in [4.69, 9.17) is 4.74 Å². The molecule has 0 radical (unpaired) electrons. The summed E-state index contributed by atoms with van der Waals surface area (Å²) in [5.74, 6) is 0.658. The van der Waals surface area contributed by atoms with Gasteiger partial charge in [0.05, 0.1) is 4.75 Å². The van der Waals surface area contributed by atoms with Crippen LogP contribution in [-0.2, 0) is 14.6 Å². The fourth-order valence-corrected chi connectivity index (χ4v) is 4.06. The molecule has 1 unspecified atom stereocenters. The zero-order valence-corrected chi connectivity index (χ0v) is 19.7. The van der Waals surface area contributed by atoms with Gasteiger partial charge in [-0.25, -0.2) is 8.42 Å². The number of ether oxygens (including phenoxy) is 1. The number of sulfone groups is 1. The van der Waals surface area contributed by atoms with E-state index in [1.165, 1.54) is 6.26 Å². The molecule has 0 spiro atoms. The largest absolute Gasteiger partial charge is 0.381 e. The Balaban J connectivity index is 0.00000576. The van der Waals surface area contributed by atoms with Crippen molar-refractivity contribution >= 4 is 39.8 Å². The topological polar surface area (TPSA) is 79.8 Å². The van der Waals surface area contributed by atoms with Crippen molar-refractivity contribution in [1.82, 2.24) is 10.6 Å². The molecule has 1 aliphatic heterocycles. The first-order chi connectivity index (χ1) is 11.0. The fourth-order valence-electron chi connectivity index (χ4n) is 2.82. The van der Waals surface area contributed by atoms with Gasteiger partial charge >= 0.3 is 0 Å². The van der Waals surface area contributed by atoms with Crippen LogP contribution in [0.4, 0.5) is 0 Å². The highest BCUT2D eigenvalue weighted by molar-refractivity contribution is 14.0. The van der Waals surface area contributed by atoms with E-state index in [9.17, 15) is 8.42 Å². The standard InChI is InChI=1S/C17H35N3O3S.HI/c1-14(7-8-16(2,3)4)20-15(18-5)19-13-17(24(6,21)22)9-11-23-12-10-17;/h14H,7-13H2,1-6H3,(H2,18,19,20);1H. The van der Waals surface area contributed by atoms with Gasteiger partial charge in [0.1, 0.15) is 0 Å². The minimum absolute atomic E-state index is 0. The predicted molar refractivity (Wildman–Crippen MR) is 116 cm³/mol. The number of nitrogens with zero attached hydrogens (tertiary/aromatic N) is 1. The molecule has 1 atom stereocenters. The van der Waals surface area contributed by atoms with Crippen LogP contribution in [0.3, 0.4) is 0 Å². The summed E-state index contributed by atoms with van der Waals surface area (Å²) < 4.78 is 29.2. The number of aliphatic imine (C=N–C) groups is 1. The number of rotatable bonds is 6. The summed E-state index contributed by atoms with van der Waals surface area (Å²) in [6.45, 7) is 10.2. The molecule has 8 heteroatoms. The van der Waals surface area contributed by atoms with Crippen molar-refractivity contribution < 1.29 is 13.2 Å². The van der Waals surface area contributed by atoms with Crippen LogP contribution in [0.15, 0.2) is 4.99 Å². The van der Waals surface area contributed by atoms with Crippen LogP contribution in [0, 0.1) is 5.41 Å². The van der Waals surface area contributed by atoms with Gasteiger partial charge in [-0.1, -0.05) is 20.8 Å². The second-order valence-electron chi connectivity index (χ2n) is 8.14. The van der Waals surface area contributed by atoms with Gasteiger partial charge in [0.15, 0.2) is 15.8 Å². The lowest BCUT2D eigenvalue weighted by Gasteiger charge is -2.36. The maximum Gasteiger partial charge on any atom is 0.191 e. The highest BCUT2D eigenvalue weighted by Gasteiger charge is 2.42. The smallest absolute Gasteiger partial charge is 0.191 e. The molecular weight excluding hydrogens is 453 g/mol. The van der Waals surface area contributed by atoms with Gasteiger partial charge < -0.3 is 15.4 Å². The van der Waals surface area contributed by atoms with Crippen molar-refractivity contribution in [1.29, 1.82) is 0 Å². The first-order valence-corrected chi connectivity index (χ1v) is 10.6. The van der Waals surface area contributed by atoms with E-state index in [0.29, 0.717) is 44.0 Å². The molecule has 6 nitrogen and oxygen atoms in total. The van der Waals surface area contributed by atoms with Crippen LogP contribution in [-0.4, -0.2) is 58.2 Å². The highest BCUT2D eigenvalue weighted by Crippen LogP contribution is 2.28. The first kappa shape index (κ1) is 24.9.